The standard InChI is InChI=1S/CH4N2O/c2-1(3)4/h(H4,2,3,4)/i/hT3. The lowest BCUT2D eigenvalue weighted by Crippen LogP contribution is -2.18. The number of hydrogen-bond acceptors (Lipinski definition) is 1. The van der Waals surface area contributed by atoms with Crippen molar-refractivity contribution in [2.24, 2.45) is 11.4 Å². The van der Waals surface area contributed by atoms with Crippen molar-refractivity contribution in [2.45, 2.75) is 0 Å². The van der Waals surface area contributed by atoms with E-state index in [2.05, 4.69) is 0 Å². The first kappa shape index (κ1) is 0.607. The maximum absolute atomic E-state index is 9.76. The predicted octanol–water partition coefficient (Wildman–Crippen LogP) is -0.976. The fourth-order valence-electron chi connectivity index (χ4n) is 0. The van der Waals surface area contributed by atoms with Crippen LogP contribution in [-0.2, 0) is 0 Å². The van der Waals surface area contributed by atoms with E-state index in [0.29, 0.717) is 0 Å². The highest BCUT2D eigenvalue weighted by atomic mass is 16.2. The van der Waals surface area contributed by atoms with Gasteiger partial charge in [-0.25, -0.2) is 4.79 Å². The van der Waals surface area contributed by atoms with Crippen molar-refractivity contribution in [3.63, 3.8) is 0 Å². The van der Waals surface area contributed by atoms with E-state index in [0.717, 1.165) is 0 Å². The molecule has 0 bridgehead atoms. The van der Waals surface area contributed by atoms with Crippen LogP contribution in [0.2, 0.25) is 4.24 Å². The third-order valence-electron chi connectivity index (χ3n) is 0. The number of carbonyl (C=O) groups is 1. The lowest BCUT2D eigenvalue weighted by Gasteiger charge is -1.62. The molecule has 0 saturated heterocycles. The molecule has 4 heavy (non-hydrogen) atoms. The smallest absolute Gasteiger partial charge is 0.309 e. The third kappa shape index (κ3) is 0.174. The Labute approximate surface area is 28.0 Å². The van der Waals surface area contributed by atoms with Gasteiger partial charge in [-0.1, -0.05) is 0 Å². The summed E-state index contributed by atoms with van der Waals surface area (Å²) in [5.74, 6) is 0. The molecule has 4 N–H and O–H groups in total. The van der Waals surface area contributed by atoms with Gasteiger partial charge in [-0.3, -0.25) is 0 Å². The molecular weight excluding hydrogens is 56.0 g/mol. The summed E-state index contributed by atoms with van der Waals surface area (Å²) in [6.07, 6.45) is 0. The molecule has 0 rings (SSSR count). The molecule has 3 nitrogen and oxygen atoms in total. The van der Waals surface area contributed by atoms with Crippen LogP contribution in [-0.4, -0.2) is 6.03 Å². The number of rotatable bonds is 0. The van der Waals surface area contributed by atoms with Crippen molar-refractivity contribution in [1.29, 1.82) is 0 Å². The number of urea groups is 1. The molecule has 0 atom stereocenters. The van der Waals surface area contributed by atoms with Crippen molar-refractivity contribution in [1.82, 2.24) is 0 Å². The minimum Gasteiger partial charge on any atom is -0.352 e. The van der Waals surface area contributed by atoms with Gasteiger partial charge in [0.05, 0.1) is 0 Å². The number of hydrogen-bond donors (Lipinski definition) is 2. The summed E-state index contributed by atoms with van der Waals surface area (Å²) >= 11 is 0. The van der Waals surface area contributed by atoms with Crippen LogP contribution in [0.15, 0.2) is 0 Å². The SMILES string of the molecule is [3H]NC(=O)N([3H])[3H]. The van der Waals surface area contributed by atoms with E-state index in [1.165, 1.54) is 5.73 Å². The first-order valence-corrected chi connectivity index (χ1v) is 0.678. The highest BCUT2D eigenvalue weighted by Gasteiger charge is 1.60. The average molecular weight is 66.1 g/mol. The van der Waals surface area contributed by atoms with E-state index >= 15 is 0 Å². The van der Waals surface area contributed by atoms with Crippen molar-refractivity contribution in [3.05, 3.63) is 0 Å². The van der Waals surface area contributed by atoms with Crippen LogP contribution in [0.5, 0.6) is 0 Å². The van der Waals surface area contributed by atoms with E-state index in [1.807, 2.05) is 0 Å². The van der Waals surface area contributed by atoms with Gasteiger partial charge >= 0.3 is 6.03 Å². The molecule has 0 fully saturated rings. The zero-order valence-corrected chi connectivity index (χ0v) is 1.86. The highest BCUT2D eigenvalue weighted by Crippen LogP contribution is 1.25. The van der Waals surface area contributed by atoms with Crippen LogP contribution in [0.3, 0.4) is 0 Å². The Morgan fingerprint density at radius 2 is 3.00 bits per heavy atom. The van der Waals surface area contributed by atoms with Crippen molar-refractivity contribution < 1.29 is 9.03 Å². The summed E-state index contributed by atoms with van der Waals surface area (Å²) in [7, 11) is 0. The van der Waals surface area contributed by atoms with Crippen LogP contribution in [0.1, 0.15) is 0 Å². The van der Waals surface area contributed by atoms with E-state index in [1.54, 1.807) is 0 Å². The number of amides is 2. The van der Waals surface area contributed by atoms with E-state index in [-0.39, 0.29) is 5.72 Å². The molecule has 3 heteroatoms. The number of primary amides is 2. The summed E-state index contributed by atoms with van der Waals surface area (Å²) in [5, 5.41) is 0. The normalized spacial score (nSPS) is 14.5. The largest absolute Gasteiger partial charge is 0.352 e. The molecule has 0 heterocycles. The second-order valence-corrected chi connectivity index (χ2v) is 0.305. The van der Waals surface area contributed by atoms with E-state index in [4.69, 9.17) is 4.24 Å². The van der Waals surface area contributed by atoms with E-state index in [9.17, 15) is 4.79 Å². The topological polar surface area (TPSA) is 69.1 Å². The van der Waals surface area contributed by atoms with Crippen LogP contribution < -0.4 is 11.4 Å². The molecule has 0 aromatic rings. The third-order valence-corrected chi connectivity index (χ3v) is 0. The van der Waals surface area contributed by atoms with Gasteiger partial charge in [-0.05, 0) is 0 Å². The van der Waals surface area contributed by atoms with Crippen molar-refractivity contribution >= 4 is 6.03 Å². The monoisotopic (exact) mass is 66.1 g/mol. The lowest BCUT2D eigenvalue weighted by molar-refractivity contribution is 0.256. The van der Waals surface area contributed by atoms with Crippen LogP contribution in [0, 0.1) is 0 Å². The summed E-state index contributed by atoms with van der Waals surface area (Å²) in [4.78, 5) is 9.76. The van der Waals surface area contributed by atoms with Gasteiger partial charge in [0.25, 0.3) is 0 Å². The molecule has 2 amide bonds. The Balaban J connectivity index is 3.35. The van der Waals surface area contributed by atoms with Gasteiger partial charge < -0.3 is 11.4 Å². The predicted molar refractivity (Wildman–Crippen MR) is 13.8 cm³/mol. The minimum absolute atomic E-state index is 0.215. The second kappa shape index (κ2) is 0.711. The number of nitrogens with two attached hydrogens (primary N) is 2. The molecular formula is CH4N2O. The van der Waals surface area contributed by atoms with Crippen molar-refractivity contribution in [2.75, 3.05) is 0 Å². The van der Waals surface area contributed by atoms with Gasteiger partial charge in [0.1, 0.15) is 0 Å². The van der Waals surface area contributed by atoms with Gasteiger partial charge in [-0.15, -0.1) is 0 Å². The Hall–Kier alpha value is -0.730. The molecule has 0 aliphatic carbocycles. The minimum atomic E-state index is -1.07. The Morgan fingerprint density at radius 3 is 3.00 bits per heavy atom. The summed E-state index contributed by atoms with van der Waals surface area (Å²) in [6.45, 7) is 0. The molecule has 0 aliphatic heterocycles. The molecule has 0 aromatic heterocycles. The maximum Gasteiger partial charge on any atom is 0.309 e. The lowest BCUT2D eigenvalue weighted by atomic mass is 11.2. The van der Waals surface area contributed by atoms with Crippen LogP contribution >= 0.6 is 0 Å². The summed E-state index contributed by atoms with van der Waals surface area (Å²) in [6, 6.07) is -1.07. The van der Waals surface area contributed by atoms with Crippen LogP contribution in [0.25, 0.3) is 0 Å². The molecule has 0 aromatic carbocycles. The fourth-order valence-corrected chi connectivity index (χ4v) is 0. The molecule has 0 unspecified atom stereocenters. The molecule has 0 aliphatic rings. The molecule has 0 saturated carbocycles. The van der Waals surface area contributed by atoms with Gasteiger partial charge in [0.15, 0.2) is 4.24 Å². The highest BCUT2D eigenvalue weighted by molar-refractivity contribution is 5.69. The number of carbonyl (C=O) groups excluding carboxylic acids is 1. The van der Waals surface area contributed by atoms with Crippen LogP contribution in [0.4, 0.5) is 4.79 Å². The van der Waals surface area contributed by atoms with E-state index < -0.39 is 6.03 Å². The summed E-state index contributed by atoms with van der Waals surface area (Å²) < 4.78 is 18.4. The Bertz CT molecular complexity index is 73.3. The molecule has 0 spiro atoms. The molecule has 24 valence electrons. The second-order valence-electron chi connectivity index (χ2n) is 0.305. The average Bonchev–Trinajstić information content (AvgIpc) is 1.65. The van der Waals surface area contributed by atoms with Crippen molar-refractivity contribution in [3.8, 4) is 0 Å². The fraction of sp³-hybridized carbons (Fsp3) is 0. The Morgan fingerprint density at radius 1 is 2.25 bits per heavy atom. The van der Waals surface area contributed by atoms with Gasteiger partial charge in [0, 0.05) is 0 Å². The first-order valence-electron chi connectivity index (χ1n) is 2.07. The summed E-state index contributed by atoms with van der Waals surface area (Å²) in [5.41, 5.74) is 1.11. The first-order chi connectivity index (χ1) is 3.18. The van der Waals surface area contributed by atoms with Gasteiger partial charge in [-0.2, -0.15) is 0 Å². The zero-order chi connectivity index (χ0) is 5.86. The molecule has 0 radical (unpaired) electrons. The Kier molecular flexibility index (Phi) is 0.108. The zero-order valence-electron chi connectivity index (χ0n) is 4.86. The van der Waals surface area contributed by atoms with Gasteiger partial charge in [0.2, 0.25) is 0 Å². The quantitative estimate of drug-likeness (QED) is 0.375. The maximum atomic E-state index is 9.76.